The third kappa shape index (κ3) is 3.17. The quantitative estimate of drug-likeness (QED) is 0.692. The maximum absolute atomic E-state index is 13.7. The van der Waals surface area contributed by atoms with Gasteiger partial charge in [-0.1, -0.05) is 0 Å². The summed E-state index contributed by atoms with van der Waals surface area (Å²) in [6.45, 7) is 0. The van der Waals surface area contributed by atoms with E-state index in [-0.39, 0.29) is 16.9 Å². The Morgan fingerprint density at radius 1 is 1.36 bits per heavy atom. The zero-order valence-electron chi connectivity index (χ0n) is 11.9. The second-order valence-electron chi connectivity index (χ2n) is 4.64. The van der Waals surface area contributed by atoms with E-state index < -0.39 is 16.6 Å². The Labute approximate surface area is 125 Å². The summed E-state index contributed by atoms with van der Waals surface area (Å²) in [5.74, 6) is -0.948. The van der Waals surface area contributed by atoms with Crippen LogP contribution in [0.15, 0.2) is 36.5 Å². The number of hydrogen-bond acceptors (Lipinski definition) is 5. The highest BCUT2D eigenvalue weighted by atomic mass is 19.1. The summed E-state index contributed by atoms with van der Waals surface area (Å²) >= 11 is 0. The number of non-ortho nitro benzene ring substituents is 1. The number of amides is 1. The molecule has 0 spiro atoms. The summed E-state index contributed by atoms with van der Waals surface area (Å²) in [5, 5.41) is 13.0. The lowest BCUT2D eigenvalue weighted by atomic mass is 10.2. The van der Waals surface area contributed by atoms with Gasteiger partial charge in [0.05, 0.1) is 16.2 Å². The van der Waals surface area contributed by atoms with Crippen molar-refractivity contribution in [3.8, 4) is 0 Å². The summed E-state index contributed by atoms with van der Waals surface area (Å²) in [6, 6.07) is 6.04. The normalized spacial score (nSPS) is 10.1. The first-order valence-electron chi connectivity index (χ1n) is 6.28. The van der Waals surface area contributed by atoms with Gasteiger partial charge in [0, 0.05) is 32.4 Å². The van der Waals surface area contributed by atoms with E-state index in [1.54, 1.807) is 25.1 Å². The largest absolute Gasteiger partial charge is 0.362 e. The first kappa shape index (κ1) is 15.4. The van der Waals surface area contributed by atoms with Gasteiger partial charge >= 0.3 is 0 Å². The number of benzene rings is 1. The Balaban J connectivity index is 2.34. The van der Waals surface area contributed by atoms with Gasteiger partial charge in [-0.2, -0.15) is 0 Å². The predicted octanol–water partition coefficient (Wildman–Crippen LogP) is 2.45. The molecular formula is C14H13FN4O3. The van der Waals surface area contributed by atoms with Crippen LogP contribution in [0.2, 0.25) is 0 Å². The number of nitro groups is 1. The Bertz CT molecular complexity index is 734. The van der Waals surface area contributed by atoms with Crippen LogP contribution < -0.4 is 10.2 Å². The van der Waals surface area contributed by atoms with E-state index >= 15 is 0 Å². The summed E-state index contributed by atoms with van der Waals surface area (Å²) in [4.78, 5) is 28.0. The molecule has 0 atom stereocenters. The minimum Gasteiger partial charge on any atom is -0.362 e. The molecule has 1 heterocycles. The first-order valence-corrected chi connectivity index (χ1v) is 6.28. The molecule has 7 nitrogen and oxygen atoms in total. The number of carbonyl (C=O) groups is 1. The number of carbonyl (C=O) groups excluding carboxylic acids is 1. The molecule has 0 aliphatic rings. The molecule has 0 radical (unpaired) electrons. The number of anilines is 2. The average Bonchev–Trinajstić information content (AvgIpc) is 2.49. The number of halogens is 1. The van der Waals surface area contributed by atoms with E-state index in [1.165, 1.54) is 12.3 Å². The van der Waals surface area contributed by atoms with Crippen LogP contribution in [0.5, 0.6) is 0 Å². The zero-order chi connectivity index (χ0) is 16.3. The van der Waals surface area contributed by atoms with Gasteiger partial charge in [0.2, 0.25) is 0 Å². The van der Waals surface area contributed by atoms with Crippen molar-refractivity contribution in [3.05, 3.63) is 58.0 Å². The van der Waals surface area contributed by atoms with Gasteiger partial charge in [-0.3, -0.25) is 14.9 Å². The van der Waals surface area contributed by atoms with Gasteiger partial charge in [0.1, 0.15) is 11.6 Å². The summed E-state index contributed by atoms with van der Waals surface area (Å²) < 4.78 is 13.7. The summed E-state index contributed by atoms with van der Waals surface area (Å²) in [6.07, 6.45) is 1.53. The summed E-state index contributed by atoms with van der Waals surface area (Å²) in [5.41, 5.74) is -0.332. The van der Waals surface area contributed by atoms with E-state index in [0.29, 0.717) is 5.82 Å². The highest BCUT2D eigenvalue weighted by Crippen LogP contribution is 2.23. The topological polar surface area (TPSA) is 88.4 Å². The van der Waals surface area contributed by atoms with E-state index in [0.717, 1.165) is 18.2 Å². The molecule has 1 aromatic carbocycles. The van der Waals surface area contributed by atoms with Crippen LogP contribution in [-0.4, -0.2) is 29.9 Å². The number of aromatic nitrogens is 1. The van der Waals surface area contributed by atoms with E-state index in [9.17, 15) is 19.3 Å². The number of nitro benzene ring substituents is 1. The molecule has 0 unspecified atom stereocenters. The highest BCUT2D eigenvalue weighted by Gasteiger charge is 2.17. The first-order chi connectivity index (χ1) is 10.4. The standard InChI is InChI=1S/C14H13FN4O3/c1-18(2)13-10(4-3-7-16-13)14(20)17-12-8-9(19(21)22)5-6-11(12)15/h3-8H,1-2H3,(H,17,20). The van der Waals surface area contributed by atoms with Gasteiger partial charge in [-0.05, 0) is 18.2 Å². The molecule has 0 bridgehead atoms. The van der Waals surface area contributed by atoms with Gasteiger partial charge in [0.15, 0.2) is 0 Å². The molecule has 0 fully saturated rings. The Hall–Kier alpha value is -3.03. The van der Waals surface area contributed by atoms with Crippen molar-refractivity contribution >= 4 is 23.1 Å². The maximum Gasteiger partial charge on any atom is 0.271 e. The van der Waals surface area contributed by atoms with Gasteiger partial charge in [0.25, 0.3) is 11.6 Å². The minimum atomic E-state index is -0.755. The SMILES string of the molecule is CN(C)c1ncccc1C(=O)Nc1cc([N+](=O)[O-])ccc1F. The van der Waals surface area contributed by atoms with Crippen molar-refractivity contribution in [1.29, 1.82) is 0 Å². The molecule has 2 rings (SSSR count). The van der Waals surface area contributed by atoms with Gasteiger partial charge < -0.3 is 10.2 Å². The van der Waals surface area contributed by atoms with Gasteiger partial charge in [-0.15, -0.1) is 0 Å². The van der Waals surface area contributed by atoms with Crippen LogP contribution in [0.1, 0.15) is 10.4 Å². The lowest BCUT2D eigenvalue weighted by Crippen LogP contribution is -2.20. The van der Waals surface area contributed by atoms with Crippen LogP contribution in [-0.2, 0) is 0 Å². The molecule has 1 aromatic heterocycles. The monoisotopic (exact) mass is 304 g/mol. The highest BCUT2D eigenvalue weighted by molar-refractivity contribution is 6.07. The van der Waals surface area contributed by atoms with Crippen molar-refractivity contribution in [2.75, 3.05) is 24.3 Å². The van der Waals surface area contributed by atoms with Crippen LogP contribution in [0.3, 0.4) is 0 Å². The van der Waals surface area contributed by atoms with E-state index in [1.807, 2.05) is 0 Å². The van der Waals surface area contributed by atoms with Gasteiger partial charge in [-0.25, -0.2) is 9.37 Å². The van der Waals surface area contributed by atoms with Crippen LogP contribution in [0.4, 0.5) is 21.6 Å². The van der Waals surface area contributed by atoms with Crippen molar-refractivity contribution in [1.82, 2.24) is 4.98 Å². The Morgan fingerprint density at radius 2 is 2.09 bits per heavy atom. The fourth-order valence-corrected chi connectivity index (χ4v) is 1.84. The van der Waals surface area contributed by atoms with Crippen molar-refractivity contribution in [3.63, 3.8) is 0 Å². The fourth-order valence-electron chi connectivity index (χ4n) is 1.84. The van der Waals surface area contributed by atoms with Crippen molar-refractivity contribution < 1.29 is 14.1 Å². The molecular weight excluding hydrogens is 291 g/mol. The Morgan fingerprint density at radius 3 is 2.73 bits per heavy atom. The minimum absolute atomic E-state index is 0.235. The maximum atomic E-state index is 13.7. The molecule has 1 N–H and O–H groups in total. The van der Waals surface area contributed by atoms with Crippen molar-refractivity contribution in [2.24, 2.45) is 0 Å². The Kier molecular flexibility index (Phi) is 4.31. The number of nitrogens with one attached hydrogen (secondary N) is 1. The third-order valence-corrected chi connectivity index (χ3v) is 2.86. The summed E-state index contributed by atoms with van der Waals surface area (Å²) in [7, 11) is 3.43. The molecule has 2 aromatic rings. The fraction of sp³-hybridized carbons (Fsp3) is 0.143. The molecule has 0 aliphatic heterocycles. The average molecular weight is 304 g/mol. The number of pyridine rings is 1. The molecule has 1 amide bonds. The zero-order valence-corrected chi connectivity index (χ0v) is 11.9. The smallest absolute Gasteiger partial charge is 0.271 e. The second kappa shape index (κ2) is 6.17. The molecule has 0 aliphatic carbocycles. The van der Waals surface area contributed by atoms with E-state index in [4.69, 9.17) is 0 Å². The van der Waals surface area contributed by atoms with E-state index in [2.05, 4.69) is 10.3 Å². The van der Waals surface area contributed by atoms with Crippen molar-refractivity contribution in [2.45, 2.75) is 0 Å². The number of nitrogens with zero attached hydrogens (tertiary/aromatic N) is 3. The second-order valence-corrected chi connectivity index (χ2v) is 4.64. The molecule has 8 heteroatoms. The van der Waals surface area contributed by atoms with Crippen LogP contribution >= 0.6 is 0 Å². The lowest BCUT2D eigenvalue weighted by Gasteiger charge is -2.15. The lowest BCUT2D eigenvalue weighted by molar-refractivity contribution is -0.384. The molecule has 0 saturated carbocycles. The number of rotatable bonds is 4. The van der Waals surface area contributed by atoms with Crippen LogP contribution in [0.25, 0.3) is 0 Å². The molecule has 22 heavy (non-hydrogen) atoms. The van der Waals surface area contributed by atoms with Crippen LogP contribution in [0, 0.1) is 15.9 Å². The third-order valence-electron chi connectivity index (χ3n) is 2.86. The molecule has 114 valence electrons. The number of hydrogen-bond donors (Lipinski definition) is 1. The predicted molar refractivity (Wildman–Crippen MR) is 79.6 cm³/mol. The molecule has 0 saturated heterocycles.